The Bertz CT molecular complexity index is 349. The van der Waals surface area contributed by atoms with Gasteiger partial charge in [-0.25, -0.2) is 0 Å². The first kappa shape index (κ1) is 13.5. The van der Waals surface area contributed by atoms with Crippen LogP contribution in [-0.4, -0.2) is 22.1 Å². The average Bonchev–Trinajstić information content (AvgIpc) is 2.41. The van der Waals surface area contributed by atoms with E-state index >= 15 is 0 Å². The molecule has 16 heavy (non-hydrogen) atoms. The molecule has 1 aromatic rings. The number of nitrogens with zero attached hydrogens (tertiary/aromatic N) is 2. The van der Waals surface area contributed by atoms with Gasteiger partial charge in [0.15, 0.2) is 0 Å². The third-order valence-corrected chi connectivity index (χ3v) is 2.44. The van der Waals surface area contributed by atoms with E-state index in [1.807, 2.05) is 13.8 Å². The van der Waals surface area contributed by atoms with E-state index in [1.165, 1.54) is 6.20 Å². The molecule has 0 saturated carbocycles. The minimum Gasteiger partial charge on any atom is -0.372 e. The first-order chi connectivity index (χ1) is 7.29. The molecule has 0 radical (unpaired) electrons. The van der Waals surface area contributed by atoms with Crippen LogP contribution in [0.15, 0.2) is 10.7 Å². The SMILES string of the molecule is CC(C)OCc1c(Br)cnn1CC(F)(F)F. The van der Waals surface area contributed by atoms with E-state index in [0.29, 0.717) is 10.2 Å². The average molecular weight is 301 g/mol. The summed E-state index contributed by atoms with van der Waals surface area (Å²) in [6, 6.07) is 0. The van der Waals surface area contributed by atoms with Crippen LogP contribution < -0.4 is 0 Å². The summed E-state index contributed by atoms with van der Waals surface area (Å²) in [7, 11) is 0. The van der Waals surface area contributed by atoms with Crippen LogP contribution in [0.1, 0.15) is 19.5 Å². The fraction of sp³-hybridized carbons (Fsp3) is 0.667. The molecule has 0 aliphatic carbocycles. The molecule has 1 aromatic heterocycles. The van der Waals surface area contributed by atoms with Crippen molar-refractivity contribution >= 4 is 15.9 Å². The molecule has 0 atom stereocenters. The van der Waals surface area contributed by atoms with Gasteiger partial charge in [0.05, 0.1) is 29.1 Å². The van der Waals surface area contributed by atoms with Crippen molar-refractivity contribution in [2.24, 2.45) is 0 Å². The van der Waals surface area contributed by atoms with Crippen LogP contribution in [0.25, 0.3) is 0 Å². The number of alkyl halides is 3. The highest BCUT2D eigenvalue weighted by atomic mass is 79.9. The van der Waals surface area contributed by atoms with Crippen molar-refractivity contribution in [3.8, 4) is 0 Å². The Labute approximate surface area is 99.7 Å². The molecule has 0 saturated heterocycles. The number of hydrogen-bond donors (Lipinski definition) is 0. The lowest BCUT2D eigenvalue weighted by Gasteiger charge is -2.12. The first-order valence-corrected chi connectivity index (χ1v) is 5.47. The maximum atomic E-state index is 12.2. The van der Waals surface area contributed by atoms with E-state index in [2.05, 4.69) is 21.0 Å². The molecule has 7 heteroatoms. The van der Waals surface area contributed by atoms with Gasteiger partial charge in [0.25, 0.3) is 0 Å². The van der Waals surface area contributed by atoms with Crippen molar-refractivity contribution in [3.63, 3.8) is 0 Å². The Morgan fingerprint density at radius 3 is 2.62 bits per heavy atom. The molecule has 0 aliphatic heterocycles. The molecule has 0 amide bonds. The summed E-state index contributed by atoms with van der Waals surface area (Å²) in [5.41, 5.74) is 0.394. The summed E-state index contributed by atoms with van der Waals surface area (Å²) in [6.45, 7) is 2.64. The van der Waals surface area contributed by atoms with Gasteiger partial charge in [-0.1, -0.05) is 0 Å². The lowest BCUT2D eigenvalue weighted by molar-refractivity contribution is -0.143. The monoisotopic (exact) mass is 300 g/mol. The van der Waals surface area contributed by atoms with Gasteiger partial charge in [0.2, 0.25) is 0 Å². The van der Waals surface area contributed by atoms with Crippen LogP contribution in [0.2, 0.25) is 0 Å². The standard InChI is InChI=1S/C9H12BrF3N2O/c1-6(2)16-4-8-7(10)3-14-15(8)5-9(11,12)13/h3,6H,4-5H2,1-2H3. The molecular formula is C9H12BrF3N2O. The van der Waals surface area contributed by atoms with Gasteiger partial charge < -0.3 is 4.74 Å². The van der Waals surface area contributed by atoms with Crippen molar-refractivity contribution in [3.05, 3.63) is 16.4 Å². The van der Waals surface area contributed by atoms with Crippen LogP contribution in [0.5, 0.6) is 0 Å². The van der Waals surface area contributed by atoms with Crippen molar-refractivity contribution in [1.82, 2.24) is 9.78 Å². The van der Waals surface area contributed by atoms with Gasteiger partial charge in [-0.05, 0) is 29.8 Å². The summed E-state index contributed by atoms with van der Waals surface area (Å²) in [5.74, 6) is 0. The molecule has 0 unspecified atom stereocenters. The van der Waals surface area contributed by atoms with Crippen LogP contribution in [0.3, 0.4) is 0 Å². The second-order valence-corrected chi connectivity index (χ2v) is 4.43. The van der Waals surface area contributed by atoms with Crippen molar-refractivity contribution in [1.29, 1.82) is 0 Å². The van der Waals surface area contributed by atoms with Crippen molar-refractivity contribution < 1.29 is 17.9 Å². The predicted molar refractivity (Wildman–Crippen MR) is 55.9 cm³/mol. The summed E-state index contributed by atoms with van der Waals surface area (Å²) in [6.07, 6.45) is -2.98. The highest BCUT2D eigenvalue weighted by Crippen LogP contribution is 2.23. The highest BCUT2D eigenvalue weighted by Gasteiger charge is 2.30. The number of halogens is 4. The van der Waals surface area contributed by atoms with E-state index < -0.39 is 12.7 Å². The van der Waals surface area contributed by atoms with E-state index in [4.69, 9.17) is 4.74 Å². The Balaban J connectivity index is 2.77. The molecule has 0 N–H and O–H groups in total. The molecule has 0 bridgehead atoms. The van der Waals surface area contributed by atoms with Crippen LogP contribution in [-0.2, 0) is 17.9 Å². The largest absolute Gasteiger partial charge is 0.408 e. The third kappa shape index (κ3) is 4.13. The highest BCUT2D eigenvalue weighted by molar-refractivity contribution is 9.10. The van der Waals surface area contributed by atoms with Crippen molar-refractivity contribution in [2.75, 3.05) is 0 Å². The lowest BCUT2D eigenvalue weighted by Crippen LogP contribution is -2.21. The molecule has 1 rings (SSSR count). The number of ether oxygens (including phenoxy) is 1. The smallest absolute Gasteiger partial charge is 0.372 e. The minimum atomic E-state index is -4.28. The lowest BCUT2D eigenvalue weighted by atomic mass is 10.4. The molecular weight excluding hydrogens is 289 g/mol. The van der Waals surface area contributed by atoms with Crippen LogP contribution in [0, 0.1) is 0 Å². The van der Waals surface area contributed by atoms with Gasteiger partial charge in [-0.3, -0.25) is 4.68 Å². The summed E-state index contributed by atoms with van der Waals surface area (Å²) in [4.78, 5) is 0. The molecule has 0 aliphatic rings. The molecule has 0 aromatic carbocycles. The van der Waals surface area contributed by atoms with E-state index in [1.54, 1.807) is 0 Å². The maximum absolute atomic E-state index is 12.2. The fourth-order valence-electron chi connectivity index (χ4n) is 1.08. The van der Waals surface area contributed by atoms with E-state index in [-0.39, 0.29) is 12.7 Å². The van der Waals surface area contributed by atoms with Gasteiger partial charge in [0.1, 0.15) is 6.54 Å². The summed E-state index contributed by atoms with van der Waals surface area (Å²) >= 11 is 3.14. The van der Waals surface area contributed by atoms with Crippen molar-refractivity contribution in [2.45, 2.75) is 39.3 Å². The molecule has 3 nitrogen and oxygen atoms in total. The van der Waals surface area contributed by atoms with Gasteiger partial charge in [-0.2, -0.15) is 18.3 Å². The second kappa shape index (κ2) is 5.18. The van der Waals surface area contributed by atoms with Gasteiger partial charge in [-0.15, -0.1) is 0 Å². The van der Waals surface area contributed by atoms with Crippen LogP contribution in [0.4, 0.5) is 13.2 Å². The Hall–Kier alpha value is -0.560. The Kier molecular flexibility index (Phi) is 4.37. The second-order valence-electron chi connectivity index (χ2n) is 3.57. The zero-order valence-corrected chi connectivity index (χ0v) is 10.5. The Morgan fingerprint density at radius 1 is 1.50 bits per heavy atom. The molecule has 0 fully saturated rings. The number of aromatic nitrogens is 2. The fourth-order valence-corrected chi connectivity index (χ4v) is 1.49. The van der Waals surface area contributed by atoms with Gasteiger partial charge in [0, 0.05) is 0 Å². The zero-order valence-electron chi connectivity index (χ0n) is 8.88. The van der Waals surface area contributed by atoms with Crippen LogP contribution >= 0.6 is 15.9 Å². The quantitative estimate of drug-likeness (QED) is 0.854. The summed E-state index contributed by atoms with van der Waals surface area (Å²) < 4.78 is 43.3. The number of hydrogen-bond acceptors (Lipinski definition) is 2. The molecule has 1 heterocycles. The van der Waals surface area contributed by atoms with Gasteiger partial charge >= 0.3 is 6.18 Å². The Morgan fingerprint density at radius 2 is 2.12 bits per heavy atom. The van der Waals surface area contributed by atoms with E-state index in [0.717, 1.165) is 4.68 Å². The number of rotatable bonds is 4. The third-order valence-electron chi connectivity index (χ3n) is 1.78. The summed E-state index contributed by atoms with van der Waals surface area (Å²) in [5, 5.41) is 3.65. The minimum absolute atomic E-state index is 0.0406. The van der Waals surface area contributed by atoms with E-state index in [9.17, 15) is 13.2 Å². The normalized spacial score (nSPS) is 12.4. The maximum Gasteiger partial charge on any atom is 0.408 e. The molecule has 0 spiro atoms. The molecule has 92 valence electrons. The first-order valence-electron chi connectivity index (χ1n) is 4.68. The predicted octanol–water partition coefficient (Wildman–Crippen LogP) is 3.13. The zero-order chi connectivity index (χ0) is 12.3. The topological polar surface area (TPSA) is 27.1 Å².